The molecule has 0 unspecified atom stereocenters. The van der Waals surface area contributed by atoms with E-state index in [2.05, 4.69) is 39.3 Å². The molecule has 1 aliphatic heterocycles. The highest BCUT2D eigenvalue weighted by atomic mass is 127. The summed E-state index contributed by atoms with van der Waals surface area (Å²) in [6.07, 6.45) is 2.50. The van der Waals surface area contributed by atoms with Gasteiger partial charge in [-0.1, -0.05) is 17.2 Å². The van der Waals surface area contributed by atoms with Gasteiger partial charge >= 0.3 is 0 Å². The van der Waals surface area contributed by atoms with Gasteiger partial charge in [-0.05, 0) is 13.3 Å². The number of aryl methyl sites for hydroxylation is 1. The lowest BCUT2D eigenvalue weighted by Gasteiger charge is -2.36. The number of halogens is 1. The molecule has 0 spiro atoms. The van der Waals surface area contributed by atoms with Crippen molar-refractivity contribution in [3.05, 3.63) is 35.5 Å². The molecule has 0 amide bonds. The lowest BCUT2D eigenvalue weighted by Crippen LogP contribution is -2.52. The molecule has 2 aromatic rings. The summed E-state index contributed by atoms with van der Waals surface area (Å²) >= 11 is 0. The molecule has 26 heavy (non-hydrogen) atoms. The van der Waals surface area contributed by atoms with Crippen molar-refractivity contribution < 1.29 is 9.05 Å². The number of aromatic nitrogens is 2. The van der Waals surface area contributed by atoms with Crippen molar-refractivity contribution in [1.82, 2.24) is 25.4 Å². The van der Waals surface area contributed by atoms with Crippen molar-refractivity contribution in [2.45, 2.75) is 33.4 Å². The van der Waals surface area contributed by atoms with E-state index >= 15 is 0 Å². The number of hydrogen-bond acceptors (Lipinski definition) is 6. The maximum atomic E-state index is 5.32. The molecule has 0 radical (unpaired) electrons. The van der Waals surface area contributed by atoms with E-state index in [4.69, 9.17) is 14.0 Å². The van der Waals surface area contributed by atoms with E-state index < -0.39 is 0 Å². The second-order valence-corrected chi connectivity index (χ2v) is 6.06. The minimum atomic E-state index is 0. The van der Waals surface area contributed by atoms with Crippen LogP contribution in [-0.2, 0) is 19.5 Å². The van der Waals surface area contributed by atoms with Gasteiger partial charge in [0.2, 0.25) is 0 Å². The van der Waals surface area contributed by atoms with Crippen LogP contribution < -0.4 is 5.32 Å². The third kappa shape index (κ3) is 5.70. The third-order valence-electron chi connectivity index (χ3n) is 4.24. The highest BCUT2D eigenvalue weighted by molar-refractivity contribution is 14.0. The molecule has 3 heterocycles. The number of hydrogen-bond donors (Lipinski definition) is 1. The van der Waals surface area contributed by atoms with E-state index in [1.165, 1.54) is 0 Å². The number of aliphatic imine (C=N–C) groups is 1. The summed E-state index contributed by atoms with van der Waals surface area (Å²) in [5.41, 5.74) is 1.95. The minimum Gasteiger partial charge on any atom is -0.364 e. The van der Waals surface area contributed by atoms with Gasteiger partial charge in [-0.15, -0.1) is 24.0 Å². The Kier molecular flexibility index (Phi) is 8.36. The maximum Gasteiger partial charge on any atom is 0.194 e. The number of piperazine rings is 1. The predicted molar refractivity (Wildman–Crippen MR) is 109 cm³/mol. The van der Waals surface area contributed by atoms with E-state index in [0.29, 0.717) is 6.54 Å². The Hall–Kier alpha value is -1.62. The van der Waals surface area contributed by atoms with Gasteiger partial charge in [-0.2, -0.15) is 0 Å². The first-order valence-corrected chi connectivity index (χ1v) is 8.87. The second kappa shape index (κ2) is 10.5. The van der Waals surface area contributed by atoms with Crippen molar-refractivity contribution in [1.29, 1.82) is 0 Å². The first-order chi connectivity index (χ1) is 12.3. The maximum absolute atomic E-state index is 5.32. The molecule has 0 bridgehead atoms. The third-order valence-corrected chi connectivity index (χ3v) is 4.24. The number of guanidine groups is 1. The van der Waals surface area contributed by atoms with Gasteiger partial charge in [0.25, 0.3) is 0 Å². The summed E-state index contributed by atoms with van der Waals surface area (Å²) in [5, 5.41) is 11.4. The summed E-state index contributed by atoms with van der Waals surface area (Å²) in [4.78, 5) is 9.38. The van der Waals surface area contributed by atoms with Gasteiger partial charge in [0.05, 0.1) is 11.4 Å². The van der Waals surface area contributed by atoms with Crippen molar-refractivity contribution in [2.24, 2.45) is 4.99 Å². The molecule has 8 nitrogen and oxygen atoms in total. The lowest BCUT2D eigenvalue weighted by molar-refractivity contribution is 0.169. The Balaban J connectivity index is 0.00000243. The number of nitrogens with zero attached hydrogens (tertiary/aromatic N) is 5. The SMILES string of the molecule is CCNC(=NCc1cc(CC)no1)N1CCN(Cc2ccon2)CC1.I. The van der Waals surface area contributed by atoms with Crippen molar-refractivity contribution in [3.63, 3.8) is 0 Å². The molecular formula is C17H27IN6O2. The van der Waals surface area contributed by atoms with Crippen LogP contribution in [0, 0.1) is 0 Å². The molecule has 144 valence electrons. The van der Waals surface area contributed by atoms with Crippen molar-refractivity contribution in [2.75, 3.05) is 32.7 Å². The number of rotatable bonds is 6. The summed E-state index contributed by atoms with van der Waals surface area (Å²) in [5.74, 6) is 1.73. The van der Waals surface area contributed by atoms with Crippen LogP contribution in [0.3, 0.4) is 0 Å². The predicted octanol–water partition coefficient (Wildman–Crippen LogP) is 2.13. The molecule has 1 aliphatic rings. The van der Waals surface area contributed by atoms with E-state index in [0.717, 1.165) is 68.8 Å². The second-order valence-electron chi connectivity index (χ2n) is 6.06. The molecule has 1 fully saturated rings. The highest BCUT2D eigenvalue weighted by Crippen LogP contribution is 2.09. The van der Waals surface area contributed by atoms with E-state index in [-0.39, 0.29) is 24.0 Å². The van der Waals surface area contributed by atoms with Crippen LogP contribution in [0.2, 0.25) is 0 Å². The topological polar surface area (TPSA) is 82.9 Å². The van der Waals surface area contributed by atoms with Gasteiger partial charge in [-0.3, -0.25) is 4.90 Å². The zero-order chi connectivity index (χ0) is 17.5. The summed E-state index contributed by atoms with van der Waals surface area (Å²) in [7, 11) is 0. The normalized spacial score (nSPS) is 15.8. The van der Waals surface area contributed by atoms with Gasteiger partial charge in [0.15, 0.2) is 11.7 Å². The van der Waals surface area contributed by atoms with Gasteiger partial charge in [-0.25, -0.2) is 4.99 Å². The average Bonchev–Trinajstić information content (AvgIpc) is 3.31. The Labute approximate surface area is 171 Å². The molecule has 0 atom stereocenters. The highest BCUT2D eigenvalue weighted by Gasteiger charge is 2.20. The van der Waals surface area contributed by atoms with Crippen LogP contribution in [0.25, 0.3) is 0 Å². The van der Waals surface area contributed by atoms with E-state index in [9.17, 15) is 0 Å². The van der Waals surface area contributed by atoms with E-state index in [1.807, 2.05) is 12.1 Å². The smallest absolute Gasteiger partial charge is 0.194 e. The monoisotopic (exact) mass is 474 g/mol. The molecular weight excluding hydrogens is 447 g/mol. The fourth-order valence-corrected chi connectivity index (χ4v) is 2.84. The Morgan fingerprint density at radius 3 is 2.62 bits per heavy atom. The van der Waals surface area contributed by atoms with Crippen molar-refractivity contribution >= 4 is 29.9 Å². The Morgan fingerprint density at radius 1 is 1.19 bits per heavy atom. The summed E-state index contributed by atoms with van der Waals surface area (Å²) in [6.45, 7) is 10.1. The van der Waals surface area contributed by atoms with E-state index in [1.54, 1.807) is 6.26 Å². The van der Waals surface area contributed by atoms with Crippen LogP contribution in [0.4, 0.5) is 0 Å². The molecule has 1 saturated heterocycles. The molecule has 9 heteroatoms. The largest absolute Gasteiger partial charge is 0.364 e. The van der Waals surface area contributed by atoms with Gasteiger partial charge in [0.1, 0.15) is 12.8 Å². The lowest BCUT2D eigenvalue weighted by atomic mass is 10.3. The zero-order valence-corrected chi connectivity index (χ0v) is 17.7. The molecule has 0 saturated carbocycles. The van der Waals surface area contributed by atoms with Crippen molar-refractivity contribution in [3.8, 4) is 0 Å². The molecule has 0 aliphatic carbocycles. The molecule has 0 aromatic carbocycles. The fourth-order valence-electron chi connectivity index (χ4n) is 2.84. The van der Waals surface area contributed by atoms with Crippen LogP contribution in [-0.4, -0.2) is 58.8 Å². The molecule has 1 N–H and O–H groups in total. The van der Waals surface area contributed by atoms with Gasteiger partial charge < -0.3 is 19.3 Å². The first-order valence-electron chi connectivity index (χ1n) is 8.87. The first kappa shape index (κ1) is 20.7. The summed E-state index contributed by atoms with van der Waals surface area (Å²) < 4.78 is 10.2. The van der Waals surface area contributed by atoms with Gasteiger partial charge in [0, 0.05) is 51.4 Å². The fraction of sp³-hybridized carbons (Fsp3) is 0.588. The molecule has 2 aromatic heterocycles. The molecule has 3 rings (SSSR count). The van der Waals surface area contributed by atoms with Crippen LogP contribution in [0.1, 0.15) is 31.0 Å². The Morgan fingerprint density at radius 2 is 2.00 bits per heavy atom. The Bertz CT molecular complexity index is 665. The number of nitrogens with one attached hydrogen (secondary N) is 1. The van der Waals surface area contributed by atoms with Crippen LogP contribution >= 0.6 is 24.0 Å². The quantitative estimate of drug-likeness (QED) is 0.390. The van der Waals surface area contributed by atoms with Crippen LogP contribution in [0.5, 0.6) is 0 Å². The average molecular weight is 474 g/mol. The summed E-state index contributed by atoms with van der Waals surface area (Å²) in [6, 6.07) is 3.89. The minimum absolute atomic E-state index is 0. The van der Waals surface area contributed by atoms with Crippen LogP contribution in [0.15, 0.2) is 32.4 Å². The standard InChI is InChI=1S/C17H26N6O2.HI/c1-3-14-11-16(25-21-14)12-19-17(18-4-2)23-8-6-22(7-9-23)13-15-5-10-24-20-15;/h5,10-11H,3-4,6-9,12-13H2,1-2H3,(H,18,19);1H. The zero-order valence-electron chi connectivity index (χ0n) is 15.3.